The van der Waals surface area contributed by atoms with Crippen molar-refractivity contribution in [1.29, 1.82) is 0 Å². The summed E-state index contributed by atoms with van der Waals surface area (Å²) in [6.45, 7) is 1.74. The summed E-state index contributed by atoms with van der Waals surface area (Å²) >= 11 is 0. The molecule has 0 saturated heterocycles. The van der Waals surface area contributed by atoms with E-state index in [0.717, 1.165) is 0 Å². The molecule has 0 bridgehead atoms. The van der Waals surface area contributed by atoms with E-state index in [-0.39, 0.29) is 11.8 Å². The van der Waals surface area contributed by atoms with E-state index in [0.29, 0.717) is 23.3 Å². The van der Waals surface area contributed by atoms with Crippen molar-refractivity contribution >= 4 is 17.8 Å². The van der Waals surface area contributed by atoms with Crippen LogP contribution in [0.4, 0.5) is 0 Å². The van der Waals surface area contributed by atoms with Crippen LogP contribution in [0.1, 0.15) is 29.3 Å². The standard InChI is InChI=1S/C18H16O3/c1-2-18(20)21-17-11-7-6-10-15(17)12-13-16(19)14-8-4-3-5-9-14/h3-13H,2H2,1H3. The lowest BCUT2D eigenvalue weighted by atomic mass is 10.1. The molecular formula is C18H16O3. The third-order valence-corrected chi connectivity index (χ3v) is 2.90. The summed E-state index contributed by atoms with van der Waals surface area (Å²) in [7, 11) is 0. The van der Waals surface area contributed by atoms with Crippen LogP contribution in [0, 0.1) is 0 Å². The van der Waals surface area contributed by atoms with Crippen LogP contribution in [0.5, 0.6) is 5.75 Å². The van der Waals surface area contributed by atoms with Crippen molar-refractivity contribution < 1.29 is 14.3 Å². The third kappa shape index (κ3) is 4.14. The predicted octanol–water partition coefficient (Wildman–Crippen LogP) is 3.90. The van der Waals surface area contributed by atoms with E-state index in [2.05, 4.69) is 0 Å². The van der Waals surface area contributed by atoms with Gasteiger partial charge in [-0.05, 0) is 18.2 Å². The zero-order chi connectivity index (χ0) is 15.1. The van der Waals surface area contributed by atoms with Gasteiger partial charge in [0.05, 0.1) is 0 Å². The van der Waals surface area contributed by atoms with Crippen LogP contribution in [0.2, 0.25) is 0 Å². The first kappa shape index (κ1) is 14.7. The third-order valence-electron chi connectivity index (χ3n) is 2.90. The predicted molar refractivity (Wildman–Crippen MR) is 82.2 cm³/mol. The summed E-state index contributed by atoms with van der Waals surface area (Å²) in [5.41, 5.74) is 1.32. The van der Waals surface area contributed by atoms with Crippen LogP contribution in [-0.4, -0.2) is 11.8 Å². The molecule has 0 atom stereocenters. The van der Waals surface area contributed by atoms with Crippen LogP contribution >= 0.6 is 0 Å². The molecule has 3 heteroatoms. The second kappa shape index (κ2) is 7.20. The average Bonchev–Trinajstić information content (AvgIpc) is 2.54. The maximum Gasteiger partial charge on any atom is 0.310 e. The number of esters is 1. The number of carbonyl (C=O) groups is 2. The molecule has 2 rings (SSSR count). The van der Waals surface area contributed by atoms with Crippen molar-refractivity contribution in [3.8, 4) is 5.75 Å². The number of ketones is 1. The molecular weight excluding hydrogens is 264 g/mol. The Balaban J connectivity index is 2.17. The van der Waals surface area contributed by atoms with Crippen molar-refractivity contribution in [2.75, 3.05) is 0 Å². The van der Waals surface area contributed by atoms with Crippen molar-refractivity contribution in [3.05, 3.63) is 71.8 Å². The minimum atomic E-state index is -0.301. The van der Waals surface area contributed by atoms with Crippen LogP contribution in [0.3, 0.4) is 0 Å². The Labute approximate surface area is 123 Å². The van der Waals surface area contributed by atoms with Gasteiger partial charge in [0.1, 0.15) is 5.75 Å². The largest absolute Gasteiger partial charge is 0.426 e. The van der Waals surface area contributed by atoms with Gasteiger partial charge < -0.3 is 4.74 Å². The Kier molecular flexibility index (Phi) is 5.04. The molecule has 0 aromatic heterocycles. The number of allylic oxidation sites excluding steroid dienone is 1. The molecule has 2 aromatic rings. The molecule has 0 fully saturated rings. The SMILES string of the molecule is CCC(=O)Oc1ccccc1C=CC(=O)c1ccccc1. The molecule has 0 aliphatic heterocycles. The molecule has 0 aliphatic carbocycles. The normalized spacial score (nSPS) is 10.5. The van der Waals surface area contributed by atoms with Crippen molar-refractivity contribution in [2.45, 2.75) is 13.3 Å². The van der Waals surface area contributed by atoms with Crippen molar-refractivity contribution in [1.82, 2.24) is 0 Å². The lowest BCUT2D eigenvalue weighted by Gasteiger charge is -2.05. The number of hydrogen-bond acceptors (Lipinski definition) is 3. The Morgan fingerprint density at radius 1 is 1.00 bits per heavy atom. The molecule has 0 spiro atoms. The second-order valence-corrected chi connectivity index (χ2v) is 4.43. The average molecular weight is 280 g/mol. The Morgan fingerprint density at radius 2 is 1.67 bits per heavy atom. The van der Waals surface area contributed by atoms with Gasteiger partial charge in [0.2, 0.25) is 0 Å². The Morgan fingerprint density at radius 3 is 2.38 bits per heavy atom. The van der Waals surface area contributed by atoms with Gasteiger partial charge in [-0.2, -0.15) is 0 Å². The fourth-order valence-electron chi connectivity index (χ4n) is 1.77. The number of carbonyl (C=O) groups excluding carboxylic acids is 2. The van der Waals surface area contributed by atoms with Crippen molar-refractivity contribution in [2.24, 2.45) is 0 Å². The van der Waals surface area contributed by atoms with E-state index in [9.17, 15) is 9.59 Å². The van der Waals surface area contributed by atoms with E-state index < -0.39 is 0 Å². The summed E-state index contributed by atoms with van der Waals surface area (Å²) in [5.74, 6) is 0.0684. The highest BCUT2D eigenvalue weighted by molar-refractivity contribution is 6.06. The van der Waals surface area contributed by atoms with Gasteiger partial charge in [0.15, 0.2) is 5.78 Å². The van der Waals surface area contributed by atoms with E-state index in [1.54, 1.807) is 43.3 Å². The molecule has 2 aromatic carbocycles. The first-order valence-corrected chi connectivity index (χ1v) is 6.78. The fourth-order valence-corrected chi connectivity index (χ4v) is 1.77. The first-order chi connectivity index (χ1) is 10.2. The summed E-state index contributed by atoms with van der Waals surface area (Å²) in [6.07, 6.45) is 3.45. The zero-order valence-corrected chi connectivity index (χ0v) is 11.8. The Hall–Kier alpha value is -2.68. The minimum absolute atomic E-state index is 0.0905. The van der Waals surface area contributed by atoms with Gasteiger partial charge in [-0.15, -0.1) is 0 Å². The van der Waals surface area contributed by atoms with Crippen LogP contribution in [-0.2, 0) is 4.79 Å². The quantitative estimate of drug-likeness (QED) is 0.361. The van der Waals surface area contributed by atoms with Gasteiger partial charge in [-0.3, -0.25) is 9.59 Å². The van der Waals surface area contributed by atoms with E-state index in [1.165, 1.54) is 6.08 Å². The van der Waals surface area contributed by atoms with E-state index in [4.69, 9.17) is 4.74 Å². The summed E-state index contributed by atoms with van der Waals surface area (Å²) in [4.78, 5) is 23.4. The minimum Gasteiger partial charge on any atom is -0.426 e. The number of rotatable bonds is 5. The van der Waals surface area contributed by atoms with Crippen LogP contribution in [0.25, 0.3) is 6.08 Å². The summed E-state index contributed by atoms with van der Waals surface area (Å²) in [5, 5.41) is 0. The fraction of sp³-hybridized carbons (Fsp3) is 0.111. The van der Waals surface area contributed by atoms with Crippen molar-refractivity contribution in [3.63, 3.8) is 0 Å². The smallest absolute Gasteiger partial charge is 0.310 e. The highest BCUT2D eigenvalue weighted by Gasteiger charge is 2.06. The first-order valence-electron chi connectivity index (χ1n) is 6.78. The maximum absolute atomic E-state index is 12.0. The zero-order valence-electron chi connectivity index (χ0n) is 11.8. The number of para-hydroxylation sites is 1. The highest BCUT2D eigenvalue weighted by atomic mass is 16.5. The molecule has 0 unspecified atom stereocenters. The molecule has 0 saturated carbocycles. The summed E-state index contributed by atoms with van der Waals surface area (Å²) < 4.78 is 5.23. The maximum atomic E-state index is 12.0. The molecule has 21 heavy (non-hydrogen) atoms. The molecule has 0 amide bonds. The monoisotopic (exact) mass is 280 g/mol. The number of hydrogen-bond donors (Lipinski definition) is 0. The van der Waals surface area contributed by atoms with E-state index >= 15 is 0 Å². The molecule has 0 aliphatic rings. The lowest BCUT2D eigenvalue weighted by molar-refractivity contribution is -0.134. The molecule has 0 heterocycles. The van der Waals surface area contributed by atoms with Gasteiger partial charge in [0, 0.05) is 17.5 Å². The molecule has 106 valence electrons. The molecule has 3 nitrogen and oxygen atoms in total. The van der Waals surface area contributed by atoms with Crippen LogP contribution in [0.15, 0.2) is 60.7 Å². The lowest BCUT2D eigenvalue weighted by Crippen LogP contribution is -2.06. The molecule has 0 radical (unpaired) electrons. The van der Waals surface area contributed by atoms with Gasteiger partial charge in [-0.1, -0.05) is 55.5 Å². The van der Waals surface area contributed by atoms with Gasteiger partial charge in [0.25, 0.3) is 0 Å². The highest BCUT2D eigenvalue weighted by Crippen LogP contribution is 2.20. The van der Waals surface area contributed by atoms with E-state index in [1.807, 2.05) is 24.3 Å². The molecule has 0 N–H and O–H groups in total. The van der Waals surface area contributed by atoms with Crippen LogP contribution < -0.4 is 4.74 Å². The number of benzene rings is 2. The Bertz CT molecular complexity index is 657. The number of ether oxygens (including phenoxy) is 1. The van der Waals surface area contributed by atoms with Gasteiger partial charge >= 0.3 is 5.97 Å². The topological polar surface area (TPSA) is 43.4 Å². The summed E-state index contributed by atoms with van der Waals surface area (Å²) in [6, 6.07) is 16.1. The second-order valence-electron chi connectivity index (χ2n) is 4.43. The van der Waals surface area contributed by atoms with Gasteiger partial charge in [-0.25, -0.2) is 0 Å².